The second-order valence-corrected chi connectivity index (χ2v) is 9.91. The molecule has 1 fully saturated rings. The summed E-state index contributed by atoms with van der Waals surface area (Å²) in [7, 11) is 0. The Morgan fingerprint density at radius 3 is 2.90 bits per heavy atom. The summed E-state index contributed by atoms with van der Waals surface area (Å²) in [6.45, 7) is 12.6. The first-order valence-corrected chi connectivity index (χ1v) is 12.1. The van der Waals surface area contributed by atoms with Crippen LogP contribution in [0.15, 0.2) is 55.5 Å². The highest BCUT2D eigenvalue weighted by Gasteiger charge is 2.27. The van der Waals surface area contributed by atoms with Gasteiger partial charge in [-0.3, -0.25) is 4.98 Å². The number of hydrogen-bond donors (Lipinski definition) is 2. The first kappa shape index (κ1) is 22.1. The molecular weight excluding hydrogens is 472 g/mol. The minimum atomic E-state index is 0.207. The van der Waals surface area contributed by atoms with E-state index >= 15 is 0 Å². The van der Waals surface area contributed by atoms with Crippen LogP contribution in [0.25, 0.3) is 23.4 Å². The summed E-state index contributed by atoms with van der Waals surface area (Å²) in [5.74, 6) is 0.285. The zero-order chi connectivity index (χ0) is 22.1. The van der Waals surface area contributed by atoms with Crippen molar-refractivity contribution in [2.45, 2.75) is 50.5 Å². The number of nitrogens with zero attached hydrogens (tertiary/aromatic N) is 2. The smallest absolute Gasteiger partial charge is 0.153 e. The van der Waals surface area contributed by atoms with Crippen LogP contribution >= 0.6 is 27.7 Å². The van der Waals surface area contributed by atoms with Crippen LogP contribution in [0.4, 0.5) is 0 Å². The highest BCUT2D eigenvalue weighted by atomic mass is 79.9. The fraction of sp³-hybridized carbons (Fsp3) is 0.333. The fourth-order valence-corrected chi connectivity index (χ4v) is 5.66. The van der Waals surface area contributed by atoms with E-state index in [4.69, 9.17) is 15.1 Å². The Hall–Kier alpha value is -2.09. The Kier molecular flexibility index (Phi) is 6.55. The Bertz CT molecular complexity index is 1270. The third kappa shape index (κ3) is 4.59. The van der Waals surface area contributed by atoms with Gasteiger partial charge in [-0.1, -0.05) is 31.8 Å². The molecule has 0 saturated heterocycles. The summed E-state index contributed by atoms with van der Waals surface area (Å²) in [5, 5.41) is 2.79. The Morgan fingerprint density at radius 1 is 1.45 bits per heavy atom. The van der Waals surface area contributed by atoms with Gasteiger partial charge in [-0.15, -0.1) is 0 Å². The molecule has 2 unspecified atom stereocenters. The Morgan fingerprint density at radius 2 is 2.26 bits per heavy atom. The summed E-state index contributed by atoms with van der Waals surface area (Å²) >= 11 is 5.35. The molecule has 1 aliphatic rings. The Balaban J connectivity index is 1.84. The number of furan rings is 1. The third-order valence-corrected chi connectivity index (χ3v) is 7.60. The van der Waals surface area contributed by atoms with Gasteiger partial charge in [0.25, 0.3) is 0 Å². The molecule has 0 aliphatic heterocycles. The average molecular weight is 499 g/mol. The maximum Gasteiger partial charge on any atom is 0.153 e. The zero-order valence-electron chi connectivity index (χ0n) is 17.9. The largest absolute Gasteiger partial charge is 0.463 e. The lowest BCUT2D eigenvalue weighted by molar-refractivity contribution is 0.614. The molecule has 0 amide bonds. The van der Waals surface area contributed by atoms with Crippen molar-refractivity contribution in [3.8, 4) is 0 Å². The summed E-state index contributed by atoms with van der Waals surface area (Å²) in [6, 6.07) is 4.06. The van der Waals surface area contributed by atoms with Crippen LogP contribution in [0.2, 0.25) is 0 Å². The van der Waals surface area contributed by atoms with Crippen molar-refractivity contribution >= 4 is 56.1 Å². The van der Waals surface area contributed by atoms with Gasteiger partial charge in [0.1, 0.15) is 10.6 Å². The number of fused-ring (bicyclic) bond motifs is 1. The van der Waals surface area contributed by atoms with E-state index in [1.807, 2.05) is 25.3 Å². The van der Waals surface area contributed by atoms with Gasteiger partial charge < -0.3 is 15.1 Å². The standard InChI is InChI=1S/C24H27BrN4OS/c1-5-18-22(25)21(14(4)28-18)23(15-6-7-16(26)10-15)29-24(13(2)3)31-17-11-20-19(27-12-17)8-9-30-20/h8-9,11-12,15-16,28H,2,4-7,10,26H2,1,3H3. The van der Waals surface area contributed by atoms with Crippen LogP contribution in [-0.4, -0.2) is 21.1 Å². The van der Waals surface area contributed by atoms with Crippen LogP contribution in [0, 0.1) is 5.92 Å². The number of nitrogens with two attached hydrogens (primary N) is 1. The quantitative estimate of drug-likeness (QED) is 0.298. The van der Waals surface area contributed by atoms with Crippen molar-refractivity contribution in [1.82, 2.24) is 9.97 Å². The zero-order valence-corrected chi connectivity index (χ0v) is 20.3. The van der Waals surface area contributed by atoms with Crippen LogP contribution in [0.5, 0.6) is 0 Å². The molecule has 5 nitrogen and oxygen atoms in total. The molecule has 3 aromatic rings. The molecule has 4 rings (SSSR count). The molecule has 0 bridgehead atoms. The summed E-state index contributed by atoms with van der Waals surface area (Å²) in [5.41, 5.74) is 10.9. The van der Waals surface area contributed by atoms with Crippen LogP contribution in [-0.2, 0) is 6.42 Å². The van der Waals surface area contributed by atoms with Crippen LogP contribution < -0.4 is 16.3 Å². The summed E-state index contributed by atoms with van der Waals surface area (Å²) in [4.78, 5) is 14.0. The predicted molar refractivity (Wildman–Crippen MR) is 133 cm³/mol. The number of halogens is 1. The second kappa shape index (κ2) is 9.18. The maximum absolute atomic E-state index is 6.27. The van der Waals surface area contributed by atoms with E-state index in [1.54, 1.807) is 18.0 Å². The van der Waals surface area contributed by atoms with Crippen LogP contribution in [0.1, 0.15) is 38.8 Å². The number of pyridine rings is 1. The molecule has 2 atom stereocenters. The molecule has 1 aliphatic carbocycles. The van der Waals surface area contributed by atoms with Crippen molar-refractivity contribution in [1.29, 1.82) is 0 Å². The maximum atomic E-state index is 6.27. The summed E-state index contributed by atoms with van der Waals surface area (Å²) < 4.78 is 6.56. The monoisotopic (exact) mass is 498 g/mol. The first-order valence-electron chi connectivity index (χ1n) is 10.5. The molecule has 7 heteroatoms. The van der Waals surface area contributed by atoms with Gasteiger partial charge in [0.15, 0.2) is 5.58 Å². The van der Waals surface area contributed by atoms with Crippen molar-refractivity contribution in [2.75, 3.05) is 0 Å². The number of rotatable bonds is 5. The minimum absolute atomic E-state index is 0.207. The van der Waals surface area contributed by atoms with Crippen molar-refractivity contribution in [3.05, 3.63) is 57.5 Å². The van der Waals surface area contributed by atoms with Gasteiger partial charge in [0.05, 0.1) is 12.0 Å². The van der Waals surface area contributed by atoms with Gasteiger partial charge in [-0.25, -0.2) is 4.99 Å². The molecule has 3 aromatic heterocycles. The lowest BCUT2D eigenvalue weighted by atomic mass is 10.0. The van der Waals surface area contributed by atoms with Crippen LogP contribution in [0.3, 0.4) is 0 Å². The SMILES string of the molecule is C=C(C)C(=NC(=c1c(Br)c(CC)[nH]c1=C)C1CCC(N)C1)Sc1cnc2ccoc2c1. The predicted octanol–water partition coefficient (Wildman–Crippen LogP) is 4.89. The molecule has 0 spiro atoms. The number of hydrogen-bond acceptors (Lipinski definition) is 5. The van der Waals surface area contributed by atoms with E-state index in [9.17, 15) is 0 Å². The topological polar surface area (TPSA) is 80.2 Å². The van der Waals surface area contributed by atoms with E-state index in [-0.39, 0.29) is 12.0 Å². The molecule has 1 saturated carbocycles. The van der Waals surface area contributed by atoms with Gasteiger partial charge >= 0.3 is 0 Å². The summed E-state index contributed by atoms with van der Waals surface area (Å²) in [6.07, 6.45) is 7.34. The average Bonchev–Trinajstić information content (AvgIpc) is 3.44. The van der Waals surface area contributed by atoms with Crippen molar-refractivity contribution in [3.63, 3.8) is 0 Å². The minimum Gasteiger partial charge on any atom is -0.463 e. The number of aryl methyl sites for hydroxylation is 1. The van der Waals surface area contributed by atoms with Gasteiger partial charge in [0.2, 0.25) is 0 Å². The van der Waals surface area contributed by atoms with Crippen molar-refractivity contribution in [2.24, 2.45) is 16.6 Å². The van der Waals surface area contributed by atoms with E-state index in [0.29, 0.717) is 0 Å². The second-order valence-electron chi connectivity index (χ2n) is 8.05. The number of nitrogens with one attached hydrogen (secondary N) is 1. The molecular formula is C24H27BrN4OS. The van der Waals surface area contributed by atoms with E-state index in [2.05, 4.69) is 46.0 Å². The lowest BCUT2D eigenvalue weighted by Gasteiger charge is -2.14. The first-order chi connectivity index (χ1) is 14.9. The molecule has 162 valence electrons. The van der Waals surface area contributed by atoms with E-state index < -0.39 is 0 Å². The highest BCUT2D eigenvalue weighted by Crippen LogP contribution is 2.34. The number of aliphatic imine (C=N–C) groups is 1. The number of aromatic nitrogens is 2. The van der Waals surface area contributed by atoms with Gasteiger partial charge in [-0.05, 0) is 60.2 Å². The normalized spacial score (nSPS) is 20.5. The molecule has 0 radical (unpaired) electrons. The fourth-order valence-electron chi connectivity index (χ4n) is 4.02. The molecule has 31 heavy (non-hydrogen) atoms. The third-order valence-electron chi connectivity index (χ3n) is 5.64. The number of aromatic amines is 1. The molecule has 3 N–H and O–H groups in total. The van der Waals surface area contributed by atoms with E-state index in [1.165, 1.54) is 0 Å². The highest BCUT2D eigenvalue weighted by molar-refractivity contribution is 9.10. The van der Waals surface area contributed by atoms with Gasteiger partial charge in [-0.2, -0.15) is 0 Å². The number of H-pyrrole nitrogens is 1. The van der Waals surface area contributed by atoms with E-state index in [0.717, 1.165) is 78.7 Å². The Labute approximate surface area is 194 Å². The molecule has 3 heterocycles. The number of thioether (sulfide) groups is 1. The molecule has 0 aromatic carbocycles. The van der Waals surface area contributed by atoms with Gasteiger partial charge in [0, 0.05) is 49.9 Å². The van der Waals surface area contributed by atoms with Crippen molar-refractivity contribution < 1.29 is 4.42 Å². The lowest BCUT2D eigenvalue weighted by Crippen LogP contribution is -2.27.